The Hall–Kier alpha value is -7.06. The summed E-state index contributed by atoms with van der Waals surface area (Å²) in [6, 6.07) is 9.37. The van der Waals surface area contributed by atoms with Gasteiger partial charge in [0.2, 0.25) is 23.7 Å². The van der Waals surface area contributed by atoms with Gasteiger partial charge in [0.05, 0.1) is 28.5 Å². The third-order valence-corrected chi connectivity index (χ3v) is 11.2. The first-order valence-electron chi connectivity index (χ1n) is 20.6. The lowest BCUT2D eigenvalue weighted by atomic mass is 10.0. The van der Waals surface area contributed by atoms with Crippen molar-refractivity contribution in [2.75, 3.05) is 36.9 Å². The van der Waals surface area contributed by atoms with E-state index >= 15 is 0 Å². The Morgan fingerprint density at radius 2 is 1.13 bits per heavy atom. The molecular weight excluding hydrogens is 797 g/mol. The number of carbonyl (C=O) groups excluding carboxylic acids is 4. The van der Waals surface area contributed by atoms with Gasteiger partial charge in [-0.05, 0) is 76.9 Å². The summed E-state index contributed by atoms with van der Waals surface area (Å²) in [4.78, 5) is 64.9. The summed E-state index contributed by atoms with van der Waals surface area (Å²) in [5.41, 5.74) is 22.2. The second-order valence-corrected chi connectivity index (χ2v) is 15.5. The summed E-state index contributed by atoms with van der Waals surface area (Å²) >= 11 is 0. The van der Waals surface area contributed by atoms with E-state index in [-0.39, 0.29) is 61.4 Å². The van der Waals surface area contributed by atoms with Gasteiger partial charge in [-0.25, -0.2) is 9.97 Å². The number of primary amides is 2. The molecular formula is C42H50N14O6. The van der Waals surface area contributed by atoms with E-state index < -0.39 is 23.6 Å². The minimum absolute atomic E-state index is 0.0484. The second kappa shape index (κ2) is 17.1. The summed E-state index contributed by atoms with van der Waals surface area (Å²) in [7, 11) is 0. The molecule has 2 aliphatic heterocycles. The molecule has 2 aliphatic rings. The fourth-order valence-electron chi connectivity index (χ4n) is 8.06. The number of hydrogen-bond donors (Lipinski definition) is 5. The Balaban J connectivity index is 1.27. The molecule has 324 valence electrons. The highest BCUT2D eigenvalue weighted by Gasteiger charge is 2.29. The lowest BCUT2D eigenvalue weighted by Gasteiger charge is -2.36. The number of rotatable bonds is 9. The van der Waals surface area contributed by atoms with E-state index in [9.17, 15) is 19.2 Å². The smallest absolute Gasteiger partial charge is 0.276 e. The number of ether oxygens (including phenoxy) is 2. The zero-order valence-electron chi connectivity index (χ0n) is 35.1. The third kappa shape index (κ3) is 8.20. The number of aromatic nitrogens is 8. The van der Waals surface area contributed by atoms with Crippen LogP contribution in [0.5, 0.6) is 11.5 Å². The fourth-order valence-corrected chi connectivity index (χ4v) is 8.06. The SMILES string of the molecule is CCn1nc(C)cc1C(=O)Nc1nc2cc(C(N)=O)cc3c2n1C/C=C/Cn1c(NC(=O)c2cc(C)nn2CC)nc2cc(C(N)=O)cc(c21)OCC(N1CCC(N)CC1)CO3. The summed E-state index contributed by atoms with van der Waals surface area (Å²) in [5.74, 6) is -1.18. The van der Waals surface area contributed by atoms with Gasteiger partial charge in [-0.3, -0.25) is 44.1 Å². The van der Waals surface area contributed by atoms with Crippen LogP contribution in [0.2, 0.25) is 0 Å². The first-order valence-corrected chi connectivity index (χ1v) is 20.6. The molecule has 0 aliphatic carbocycles. The standard InChI is InChI=1S/C42H50N14O6/c1-5-55-31(15-23(3)50-55)39(59)48-41-46-29-17-25(37(44)57)19-33-35(29)53(41)11-7-8-12-54-36-30(47-42(54)49-40(60)32-16-24(4)51-56(32)6-2)18-26(38(45)58)20-34(36)62-22-28(21-61-33)52-13-9-27(43)10-14-52/h7-8,15-20,27-28H,5-6,9-14,21-22,43H2,1-4H3,(H2,44,57)(H2,45,58)(H,46,48,59)(H,47,49,60)/b8-7+. The van der Waals surface area contributed by atoms with Crippen molar-refractivity contribution in [2.24, 2.45) is 17.2 Å². The van der Waals surface area contributed by atoms with Crippen LogP contribution in [0.4, 0.5) is 11.9 Å². The summed E-state index contributed by atoms with van der Waals surface area (Å²) in [6.45, 7) is 10.2. The van der Waals surface area contributed by atoms with Crippen molar-refractivity contribution in [3.63, 3.8) is 0 Å². The highest BCUT2D eigenvalue weighted by atomic mass is 16.5. The quantitative estimate of drug-likeness (QED) is 0.132. The van der Waals surface area contributed by atoms with Gasteiger partial charge in [0.25, 0.3) is 11.8 Å². The van der Waals surface area contributed by atoms with Gasteiger partial charge in [-0.2, -0.15) is 10.2 Å². The number of benzene rings is 2. The molecule has 62 heavy (non-hydrogen) atoms. The number of nitrogens with two attached hydrogens (primary N) is 3. The van der Waals surface area contributed by atoms with Gasteiger partial charge in [0, 0.05) is 56.4 Å². The van der Waals surface area contributed by atoms with Crippen molar-refractivity contribution in [3.8, 4) is 11.5 Å². The maximum Gasteiger partial charge on any atom is 0.276 e. The van der Waals surface area contributed by atoms with E-state index in [2.05, 4.69) is 25.7 Å². The second-order valence-electron chi connectivity index (χ2n) is 15.5. The maximum atomic E-state index is 13.8. The van der Waals surface area contributed by atoms with Crippen LogP contribution in [0.1, 0.15) is 79.8 Å². The number of nitrogens with one attached hydrogen (secondary N) is 2. The van der Waals surface area contributed by atoms with Crippen LogP contribution in [-0.4, -0.2) is 106 Å². The molecule has 0 atom stereocenters. The summed E-state index contributed by atoms with van der Waals surface area (Å²) < 4.78 is 20.1. The van der Waals surface area contributed by atoms with Crippen molar-refractivity contribution in [1.29, 1.82) is 0 Å². The number of piperidine rings is 1. The number of hydrogen-bond acceptors (Lipinski definition) is 12. The maximum absolute atomic E-state index is 13.8. The van der Waals surface area contributed by atoms with Crippen molar-refractivity contribution < 1.29 is 28.7 Å². The van der Waals surface area contributed by atoms with E-state index in [1.54, 1.807) is 54.9 Å². The molecule has 2 aromatic carbocycles. The molecule has 20 nitrogen and oxygen atoms in total. The van der Waals surface area contributed by atoms with Crippen LogP contribution in [0.25, 0.3) is 22.1 Å². The number of aryl methyl sites for hydroxylation is 4. The molecule has 0 saturated carbocycles. The molecule has 0 spiro atoms. The molecule has 4 aromatic heterocycles. The minimum Gasteiger partial charge on any atom is -0.490 e. The summed E-state index contributed by atoms with van der Waals surface area (Å²) in [5, 5.41) is 14.8. The van der Waals surface area contributed by atoms with E-state index in [1.807, 2.05) is 39.8 Å². The number of likely N-dealkylation sites (tertiary alicyclic amines) is 1. The van der Waals surface area contributed by atoms with Crippen LogP contribution in [-0.2, 0) is 26.2 Å². The molecule has 6 aromatic rings. The Morgan fingerprint density at radius 3 is 1.53 bits per heavy atom. The molecule has 1 fully saturated rings. The zero-order valence-corrected chi connectivity index (χ0v) is 35.1. The first-order chi connectivity index (χ1) is 29.8. The molecule has 20 heteroatoms. The monoisotopic (exact) mass is 846 g/mol. The molecule has 4 amide bonds. The van der Waals surface area contributed by atoms with E-state index in [0.29, 0.717) is 82.5 Å². The molecule has 8 N–H and O–H groups in total. The number of anilines is 2. The number of carbonyl (C=O) groups is 4. The van der Waals surface area contributed by atoms with Crippen LogP contribution >= 0.6 is 0 Å². The van der Waals surface area contributed by atoms with Crippen molar-refractivity contribution in [2.45, 2.75) is 78.8 Å². The number of allylic oxidation sites excluding steroid dienone is 2. The van der Waals surface area contributed by atoms with Crippen LogP contribution in [0.15, 0.2) is 48.6 Å². The van der Waals surface area contributed by atoms with Gasteiger partial charge in [-0.15, -0.1) is 0 Å². The van der Waals surface area contributed by atoms with Gasteiger partial charge in [0.15, 0.2) is 0 Å². The Kier molecular flexibility index (Phi) is 11.5. The molecule has 0 unspecified atom stereocenters. The van der Waals surface area contributed by atoms with E-state index in [4.69, 9.17) is 36.6 Å². The van der Waals surface area contributed by atoms with E-state index in [1.165, 1.54) is 0 Å². The Bertz CT molecular complexity index is 2580. The Morgan fingerprint density at radius 1 is 0.694 bits per heavy atom. The van der Waals surface area contributed by atoms with Crippen LogP contribution in [0, 0.1) is 13.8 Å². The third-order valence-electron chi connectivity index (χ3n) is 11.2. The highest BCUT2D eigenvalue weighted by Crippen LogP contribution is 2.34. The molecule has 6 heterocycles. The number of nitrogens with zero attached hydrogens (tertiary/aromatic N) is 9. The average Bonchev–Trinajstić information content (AvgIpc) is 4.01. The van der Waals surface area contributed by atoms with Gasteiger partial charge < -0.3 is 35.8 Å². The number of amides is 4. The zero-order chi connectivity index (χ0) is 43.8. The molecule has 8 rings (SSSR count). The van der Waals surface area contributed by atoms with Crippen molar-refractivity contribution in [1.82, 2.24) is 43.6 Å². The van der Waals surface area contributed by atoms with Crippen molar-refractivity contribution in [3.05, 3.63) is 82.5 Å². The molecule has 0 radical (unpaired) electrons. The largest absolute Gasteiger partial charge is 0.490 e. The molecule has 1 saturated heterocycles. The first kappa shape index (κ1) is 41.7. The predicted octanol–water partition coefficient (Wildman–Crippen LogP) is 2.96. The number of imidazole rings is 2. The average molecular weight is 847 g/mol. The fraction of sp³-hybridized carbons (Fsp3) is 0.381. The van der Waals surface area contributed by atoms with Gasteiger partial charge in [-0.1, -0.05) is 12.2 Å². The highest BCUT2D eigenvalue weighted by molar-refractivity contribution is 6.05. The minimum atomic E-state index is -0.680. The van der Waals surface area contributed by atoms with Crippen LogP contribution < -0.4 is 37.3 Å². The predicted molar refractivity (Wildman–Crippen MR) is 230 cm³/mol. The Labute approximate surface area is 356 Å². The van der Waals surface area contributed by atoms with Gasteiger partial charge >= 0.3 is 0 Å². The van der Waals surface area contributed by atoms with Crippen LogP contribution in [0.3, 0.4) is 0 Å². The normalized spacial score (nSPS) is 16.0. The lowest BCUT2D eigenvalue weighted by molar-refractivity contribution is 0.0728. The van der Waals surface area contributed by atoms with Crippen molar-refractivity contribution >= 4 is 57.6 Å². The van der Waals surface area contributed by atoms with Gasteiger partial charge in [0.1, 0.15) is 47.1 Å². The van der Waals surface area contributed by atoms with E-state index in [0.717, 1.165) is 12.8 Å². The molecule has 0 bridgehead atoms. The summed E-state index contributed by atoms with van der Waals surface area (Å²) in [6.07, 6.45) is 5.24. The lowest BCUT2D eigenvalue weighted by Crippen LogP contribution is -2.49. The topological polar surface area (TPSA) is 263 Å².